The Morgan fingerprint density at radius 3 is 2.32 bits per heavy atom. The maximum absolute atomic E-state index is 12.9. The molecule has 2 aromatic rings. The molecule has 2 rings (SSSR count). The number of carbonyl (C=O) groups excluding carboxylic acids is 1. The van der Waals surface area contributed by atoms with Crippen LogP contribution in [0.15, 0.2) is 42.5 Å². The molecule has 0 aliphatic rings. The van der Waals surface area contributed by atoms with E-state index in [0.29, 0.717) is 5.56 Å². The summed E-state index contributed by atoms with van der Waals surface area (Å²) >= 11 is 0. The number of ether oxygens (including phenoxy) is 1. The van der Waals surface area contributed by atoms with Crippen LogP contribution in [0.3, 0.4) is 0 Å². The van der Waals surface area contributed by atoms with Gasteiger partial charge in [0.25, 0.3) is 0 Å². The minimum absolute atomic E-state index is 0.185. The van der Waals surface area contributed by atoms with Gasteiger partial charge in [-0.3, -0.25) is 4.79 Å². The second kappa shape index (κ2) is 5.48. The van der Waals surface area contributed by atoms with Gasteiger partial charge in [-0.25, -0.2) is 8.78 Å². The molecule has 0 heterocycles. The number of amides is 1. The molecule has 0 saturated heterocycles. The third-order valence-corrected chi connectivity index (χ3v) is 2.54. The van der Waals surface area contributed by atoms with E-state index in [1.54, 1.807) is 24.3 Å². The van der Waals surface area contributed by atoms with E-state index in [4.69, 9.17) is 10.5 Å². The van der Waals surface area contributed by atoms with Gasteiger partial charge in [-0.15, -0.1) is 0 Å². The highest BCUT2D eigenvalue weighted by Gasteiger charge is 2.04. The zero-order valence-electron chi connectivity index (χ0n) is 9.90. The van der Waals surface area contributed by atoms with Crippen molar-refractivity contribution < 1.29 is 18.3 Å². The van der Waals surface area contributed by atoms with Crippen LogP contribution in [0.1, 0.15) is 15.9 Å². The largest absolute Gasteiger partial charge is 0.489 e. The number of carbonyl (C=O) groups is 1. The average molecular weight is 263 g/mol. The Bertz CT molecular complexity index is 597. The molecule has 2 aromatic carbocycles. The number of rotatable bonds is 4. The average Bonchev–Trinajstić information content (AvgIpc) is 2.40. The fourth-order valence-electron chi connectivity index (χ4n) is 1.50. The summed E-state index contributed by atoms with van der Waals surface area (Å²) in [5.41, 5.74) is 6.30. The Kier molecular flexibility index (Phi) is 3.75. The zero-order chi connectivity index (χ0) is 13.8. The van der Waals surface area contributed by atoms with Crippen molar-refractivity contribution in [3.63, 3.8) is 0 Å². The maximum Gasteiger partial charge on any atom is 0.248 e. The summed E-state index contributed by atoms with van der Waals surface area (Å²) in [6, 6.07) is 9.84. The van der Waals surface area contributed by atoms with Gasteiger partial charge in [-0.2, -0.15) is 0 Å². The van der Waals surface area contributed by atoms with Gasteiger partial charge >= 0.3 is 0 Å². The highest BCUT2D eigenvalue weighted by Crippen LogP contribution is 2.17. The summed E-state index contributed by atoms with van der Waals surface area (Å²) in [5, 5.41) is 0. The molecular formula is C14H11F2NO2. The van der Waals surface area contributed by atoms with E-state index < -0.39 is 17.5 Å². The van der Waals surface area contributed by atoms with Crippen LogP contribution in [-0.4, -0.2) is 5.91 Å². The molecule has 3 nitrogen and oxygen atoms in total. The van der Waals surface area contributed by atoms with Gasteiger partial charge in [-0.1, -0.05) is 12.1 Å². The molecule has 5 heteroatoms. The topological polar surface area (TPSA) is 52.3 Å². The predicted octanol–water partition coefficient (Wildman–Crippen LogP) is 2.64. The highest BCUT2D eigenvalue weighted by molar-refractivity contribution is 5.92. The monoisotopic (exact) mass is 263 g/mol. The van der Waals surface area contributed by atoms with E-state index in [0.717, 1.165) is 17.7 Å². The lowest BCUT2D eigenvalue weighted by Gasteiger charge is -2.07. The second-order valence-corrected chi connectivity index (χ2v) is 3.93. The predicted molar refractivity (Wildman–Crippen MR) is 65.6 cm³/mol. The number of hydrogen-bond acceptors (Lipinski definition) is 2. The molecule has 0 radical (unpaired) electrons. The first kappa shape index (κ1) is 13.0. The molecule has 0 bridgehead atoms. The molecule has 2 N–H and O–H groups in total. The lowest BCUT2D eigenvalue weighted by molar-refractivity contribution is 0.1000. The summed E-state index contributed by atoms with van der Waals surface area (Å²) in [7, 11) is 0. The Hall–Kier alpha value is -2.43. The number of primary amides is 1. The number of nitrogens with two attached hydrogens (primary N) is 1. The quantitative estimate of drug-likeness (QED) is 0.921. The molecule has 0 atom stereocenters. The molecule has 1 amide bonds. The Balaban J connectivity index is 2.01. The SMILES string of the molecule is NC(=O)c1ccc(COc2ccc(F)c(F)c2)cc1. The molecule has 0 aliphatic carbocycles. The van der Waals surface area contributed by atoms with Gasteiger partial charge in [0.05, 0.1) is 0 Å². The standard InChI is InChI=1S/C14H11F2NO2/c15-12-6-5-11(7-13(12)16)19-8-9-1-3-10(4-2-9)14(17)18/h1-7H,8H2,(H2,17,18). The summed E-state index contributed by atoms with van der Waals surface area (Å²) in [6.07, 6.45) is 0. The van der Waals surface area contributed by atoms with Crippen LogP contribution < -0.4 is 10.5 Å². The molecule has 98 valence electrons. The van der Waals surface area contributed by atoms with Gasteiger partial charge in [-0.05, 0) is 29.8 Å². The highest BCUT2D eigenvalue weighted by atomic mass is 19.2. The van der Waals surface area contributed by atoms with E-state index in [1.165, 1.54) is 6.07 Å². The number of halogens is 2. The zero-order valence-corrected chi connectivity index (χ0v) is 9.90. The molecular weight excluding hydrogens is 252 g/mol. The summed E-state index contributed by atoms with van der Waals surface area (Å²) in [5.74, 6) is -2.15. The smallest absolute Gasteiger partial charge is 0.248 e. The second-order valence-electron chi connectivity index (χ2n) is 3.93. The first-order valence-electron chi connectivity index (χ1n) is 5.53. The van der Waals surface area contributed by atoms with Gasteiger partial charge in [0.2, 0.25) is 5.91 Å². The van der Waals surface area contributed by atoms with Gasteiger partial charge in [0.15, 0.2) is 11.6 Å². The Labute approximate surface area is 108 Å². The van der Waals surface area contributed by atoms with Crippen LogP contribution in [0, 0.1) is 11.6 Å². The number of benzene rings is 2. The van der Waals surface area contributed by atoms with Crippen molar-refractivity contribution in [2.24, 2.45) is 5.73 Å². The van der Waals surface area contributed by atoms with Crippen molar-refractivity contribution in [3.8, 4) is 5.75 Å². The molecule has 0 aromatic heterocycles. The molecule has 0 saturated carbocycles. The summed E-state index contributed by atoms with van der Waals surface area (Å²) in [4.78, 5) is 10.9. The number of hydrogen-bond donors (Lipinski definition) is 1. The lowest BCUT2D eigenvalue weighted by atomic mass is 10.1. The molecule has 0 unspecified atom stereocenters. The van der Waals surface area contributed by atoms with Crippen molar-refractivity contribution in [2.45, 2.75) is 6.61 Å². The Morgan fingerprint density at radius 2 is 1.74 bits per heavy atom. The summed E-state index contributed by atoms with van der Waals surface area (Å²) in [6.45, 7) is 0.185. The van der Waals surface area contributed by atoms with E-state index in [9.17, 15) is 13.6 Å². The van der Waals surface area contributed by atoms with E-state index in [-0.39, 0.29) is 12.4 Å². The van der Waals surface area contributed by atoms with Crippen molar-refractivity contribution in [1.29, 1.82) is 0 Å². The van der Waals surface area contributed by atoms with Crippen LogP contribution >= 0.6 is 0 Å². The molecule has 0 fully saturated rings. The fraction of sp³-hybridized carbons (Fsp3) is 0.0714. The third kappa shape index (κ3) is 3.28. The molecule has 0 spiro atoms. The van der Waals surface area contributed by atoms with E-state index in [1.807, 2.05) is 0 Å². The van der Waals surface area contributed by atoms with Crippen molar-refractivity contribution in [2.75, 3.05) is 0 Å². The summed E-state index contributed by atoms with van der Waals surface area (Å²) < 4.78 is 31.0. The van der Waals surface area contributed by atoms with Gasteiger partial charge in [0, 0.05) is 11.6 Å². The first-order valence-corrected chi connectivity index (χ1v) is 5.53. The van der Waals surface area contributed by atoms with Crippen LogP contribution in [0.25, 0.3) is 0 Å². The fourth-order valence-corrected chi connectivity index (χ4v) is 1.50. The first-order chi connectivity index (χ1) is 9.06. The van der Waals surface area contributed by atoms with Crippen LogP contribution in [0.2, 0.25) is 0 Å². The normalized spacial score (nSPS) is 10.2. The minimum Gasteiger partial charge on any atom is -0.489 e. The minimum atomic E-state index is -0.957. The molecule has 0 aliphatic heterocycles. The van der Waals surface area contributed by atoms with Crippen molar-refractivity contribution in [1.82, 2.24) is 0 Å². The van der Waals surface area contributed by atoms with Crippen LogP contribution in [0.4, 0.5) is 8.78 Å². The van der Waals surface area contributed by atoms with Crippen molar-refractivity contribution in [3.05, 3.63) is 65.2 Å². The van der Waals surface area contributed by atoms with Gasteiger partial charge in [0.1, 0.15) is 12.4 Å². The maximum atomic E-state index is 12.9. The van der Waals surface area contributed by atoms with E-state index in [2.05, 4.69) is 0 Å². The molecule has 19 heavy (non-hydrogen) atoms. The van der Waals surface area contributed by atoms with E-state index >= 15 is 0 Å². The third-order valence-electron chi connectivity index (χ3n) is 2.54. The lowest BCUT2D eigenvalue weighted by Crippen LogP contribution is -2.10. The Morgan fingerprint density at radius 1 is 1.05 bits per heavy atom. The van der Waals surface area contributed by atoms with Crippen molar-refractivity contribution >= 4 is 5.91 Å². The van der Waals surface area contributed by atoms with Gasteiger partial charge < -0.3 is 10.5 Å². The van der Waals surface area contributed by atoms with Crippen LogP contribution in [-0.2, 0) is 6.61 Å². The van der Waals surface area contributed by atoms with Crippen LogP contribution in [0.5, 0.6) is 5.75 Å².